The van der Waals surface area contributed by atoms with Gasteiger partial charge >= 0.3 is 0 Å². The summed E-state index contributed by atoms with van der Waals surface area (Å²) in [4.78, 5) is 18.0. The molecule has 6 rings (SSSR count). The van der Waals surface area contributed by atoms with Crippen molar-refractivity contribution in [2.45, 2.75) is 56.6 Å². The molecule has 11 heteroatoms. The van der Waals surface area contributed by atoms with Crippen LogP contribution < -0.4 is 14.8 Å². The molecule has 0 radical (unpaired) electrons. The Kier molecular flexibility index (Phi) is 14.0. The number of aromatic nitrogens is 1. The standard InChI is InChI=1S/C48H54N2O9/c1-49-27-32-19-38(24-39(53)20-32)48(29-52,26-30-10-12-41(54)44(21-30)58-2)45(57)25-43(56)37(18-31-14-16-50-28-31)22-35-11-13-42(55)47(59-3)40(35)23-36-9-5-7-33-6-4-8-34(15-17-51)46(33)36/h4-14,16,19-21,24,28,37,43,49-56H,15,17-18,22-23,25-27,29H2,1-3H3/t37-,43-,48+/m1/s1. The zero-order valence-electron chi connectivity index (χ0n) is 33.7. The Bertz CT molecular complexity index is 2350. The molecule has 0 saturated heterocycles. The van der Waals surface area contributed by atoms with Crippen LogP contribution in [0, 0.1) is 5.92 Å². The predicted octanol–water partition coefficient (Wildman–Crippen LogP) is 6.04. The molecule has 0 saturated carbocycles. The molecular formula is C48H54N2O9. The Labute approximate surface area is 344 Å². The molecule has 0 amide bonds. The van der Waals surface area contributed by atoms with Crippen LogP contribution in [-0.2, 0) is 48.9 Å². The van der Waals surface area contributed by atoms with E-state index < -0.39 is 29.8 Å². The quantitative estimate of drug-likeness (QED) is 0.0453. The number of carbonyl (C=O) groups is 1. The number of methoxy groups -OCH3 is 2. The van der Waals surface area contributed by atoms with E-state index in [2.05, 4.69) is 10.3 Å². The fourth-order valence-corrected chi connectivity index (χ4v) is 8.44. The van der Waals surface area contributed by atoms with Crippen molar-refractivity contribution in [3.05, 3.63) is 148 Å². The lowest BCUT2D eigenvalue weighted by Gasteiger charge is -2.34. The third-order valence-corrected chi connectivity index (χ3v) is 11.4. The first-order valence-corrected chi connectivity index (χ1v) is 19.8. The van der Waals surface area contributed by atoms with E-state index in [0.29, 0.717) is 54.7 Å². The average Bonchev–Trinajstić information content (AvgIpc) is 3.74. The van der Waals surface area contributed by atoms with Crippen LogP contribution in [0.3, 0.4) is 0 Å². The maximum absolute atomic E-state index is 15.0. The Morgan fingerprint density at radius 2 is 1.58 bits per heavy atom. The van der Waals surface area contributed by atoms with E-state index in [9.17, 15) is 35.4 Å². The summed E-state index contributed by atoms with van der Waals surface area (Å²) in [5.41, 5.74) is 4.54. The zero-order chi connectivity index (χ0) is 42.1. The van der Waals surface area contributed by atoms with Crippen LogP contribution in [0.4, 0.5) is 0 Å². The normalized spacial score (nSPS) is 13.5. The second kappa shape index (κ2) is 19.3. The first-order chi connectivity index (χ1) is 28.5. The molecule has 11 nitrogen and oxygen atoms in total. The molecule has 0 unspecified atom stereocenters. The molecule has 0 spiro atoms. The molecular weight excluding hydrogens is 749 g/mol. The molecule has 6 aromatic rings. The number of benzene rings is 5. The van der Waals surface area contributed by atoms with Gasteiger partial charge in [-0.05, 0) is 125 Å². The van der Waals surface area contributed by atoms with Crippen LogP contribution in [-0.4, -0.2) is 82.0 Å². The van der Waals surface area contributed by atoms with Crippen molar-refractivity contribution >= 4 is 16.6 Å². The number of ketones is 1. The minimum atomic E-state index is -1.60. The summed E-state index contributed by atoms with van der Waals surface area (Å²) < 4.78 is 11.2. The number of aromatic amines is 1. The van der Waals surface area contributed by atoms with Gasteiger partial charge in [-0.1, -0.05) is 54.6 Å². The summed E-state index contributed by atoms with van der Waals surface area (Å²) >= 11 is 0. The highest BCUT2D eigenvalue weighted by Crippen LogP contribution is 2.40. The number of nitrogens with one attached hydrogen (secondary N) is 2. The van der Waals surface area contributed by atoms with Crippen molar-refractivity contribution in [1.29, 1.82) is 0 Å². The van der Waals surface area contributed by atoms with E-state index in [4.69, 9.17) is 9.47 Å². The van der Waals surface area contributed by atoms with Gasteiger partial charge in [-0.15, -0.1) is 0 Å². The number of phenols is 3. The molecule has 0 aliphatic rings. The molecule has 0 aliphatic carbocycles. The Morgan fingerprint density at radius 3 is 2.25 bits per heavy atom. The number of phenolic OH excluding ortho intramolecular Hbond substituents is 3. The molecule has 59 heavy (non-hydrogen) atoms. The lowest BCUT2D eigenvalue weighted by atomic mass is 9.70. The molecule has 3 atom stereocenters. The SMILES string of the molecule is CNCc1cc(O)cc([C@@](CO)(Cc2ccc(O)c(OC)c2)C(=O)C[C@@H](O)[C@H](Cc2cc[nH]c2)Cc2ccc(O)c(OC)c2Cc2cccc3cccc(CCO)c23)c1. The molecule has 5 aromatic carbocycles. The third-order valence-electron chi connectivity index (χ3n) is 11.4. The van der Waals surface area contributed by atoms with Gasteiger partial charge in [-0.2, -0.15) is 0 Å². The number of hydrogen-bond acceptors (Lipinski definition) is 10. The number of rotatable bonds is 20. The third kappa shape index (κ3) is 9.56. The van der Waals surface area contributed by atoms with E-state index in [0.717, 1.165) is 38.6 Å². The predicted molar refractivity (Wildman–Crippen MR) is 228 cm³/mol. The minimum absolute atomic E-state index is 0.00513. The number of fused-ring (bicyclic) bond motifs is 1. The van der Waals surface area contributed by atoms with Gasteiger partial charge in [-0.3, -0.25) is 4.79 Å². The van der Waals surface area contributed by atoms with Gasteiger partial charge < -0.3 is 50.4 Å². The van der Waals surface area contributed by atoms with Gasteiger partial charge in [0.2, 0.25) is 0 Å². The van der Waals surface area contributed by atoms with Crippen LogP contribution >= 0.6 is 0 Å². The summed E-state index contributed by atoms with van der Waals surface area (Å²) in [6, 6.07) is 27.0. The number of aliphatic hydroxyl groups excluding tert-OH is 3. The first-order valence-electron chi connectivity index (χ1n) is 19.8. The second-order valence-electron chi connectivity index (χ2n) is 15.3. The molecule has 1 aromatic heterocycles. The van der Waals surface area contributed by atoms with Crippen LogP contribution in [0.2, 0.25) is 0 Å². The fraction of sp³-hybridized carbons (Fsp3) is 0.312. The van der Waals surface area contributed by atoms with Gasteiger partial charge in [0.25, 0.3) is 0 Å². The Morgan fingerprint density at radius 1 is 0.814 bits per heavy atom. The maximum atomic E-state index is 15.0. The van der Waals surface area contributed by atoms with E-state index >= 15 is 0 Å². The Hall–Kier alpha value is -5.85. The van der Waals surface area contributed by atoms with Crippen LogP contribution in [0.5, 0.6) is 28.7 Å². The highest BCUT2D eigenvalue weighted by molar-refractivity contribution is 5.91. The fourth-order valence-electron chi connectivity index (χ4n) is 8.44. The van der Waals surface area contributed by atoms with Gasteiger partial charge in [0.15, 0.2) is 23.0 Å². The van der Waals surface area contributed by atoms with Gasteiger partial charge in [0.05, 0.1) is 32.3 Å². The van der Waals surface area contributed by atoms with Crippen LogP contribution in [0.15, 0.2) is 103 Å². The van der Waals surface area contributed by atoms with Crippen LogP contribution in [0.25, 0.3) is 10.8 Å². The highest BCUT2D eigenvalue weighted by Gasteiger charge is 2.42. The average molecular weight is 803 g/mol. The maximum Gasteiger partial charge on any atom is 0.164 e. The van der Waals surface area contributed by atoms with Crippen molar-refractivity contribution in [1.82, 2.24) is 10.3 Å². The van der Waals surface area contributed by atoms with Crippen molar-refractivity contribution in [3.63, 3.8) is 0 Å². The largest absolute Gasteiger partial charge is 0.508 e. The van der Waals surface area contributed by atoms with Gasteiger partial charge in [0, 0.05) is 44.0 Å². The lowest BCUT2D eigenvalue weighted by Crippen LogP contribution is -2.44. The van der Waals surface area contributed by atoms with Crippen molar-refractivity contribution < 1.29 is 44.9 Å². The number of aromatic hydroxyl groups is 3. The summed E-state index contributed by atoms with van der Waals surface area (Å²) in [6.07, 6.45) is 3.67. The summed E-state index contributed by atoms with van der Waals surface area (Å²) in [6.45, 7) is -0.241. The Balaban J connectivity index is 1.40. The second-order valence-corrected chi connectivity index (χ2v) is 15.3. The number of carbonyl (C=O) groups excluding carboxylic acids is 1. The van der Waals surface area contributed by atoms with Gasteiger partial charge in [-0.25, -0.2) is 0 Å². The lowest BCUT2D eigenvalue weighted by molar-refractivity contribution is -0.129. The van der Waals surface area contributed by atoms with E-state index in [-0.39, 0.29) is 42.4 Å². The summed E-state index contributed by atoms with van der Waals surface area (Å²) in [7, 11) is 4.70. The first kappa shape index (κ1) is 42.7. The highest BCUT2D eigenvalue weighted by atomic mass is 16.5. The number of aliphatic hydroxyl groups is 3. The number of H-pyrrole nitrogens is 1. The molecule has 8 N–H and O–H groups in total. The minimum Gasteiger partial charge on any atom is -0.508 e. The zero-order valence-corrected chi connectivity index (χ0v) is 33.7. The van der Waals surface area contributed by atoms with E-state index in [1.165, 1.54) is 26.4 Å². The van der Waals surface area contributed by atoms with Crippen LogP contribution in [0.1, 0.15) is 50.9 Å². The van der Waals surface area contributed by atoms with Gasteiger partial charge in [0.1, 0.15) is 11.5 Å². The van der Waals surface area contributed by atoms with E-state index in [1.807, 2.05) is 54.7 Å². The number of hydrogen-bond donors (Lipinski definition) is 8. The van der Waals surface area contributed by atoms with E-state index in [1.54, 1.807) is 43.6 Å². The molecule has 0 aliphatic heterocycles. The molecule has 310 valence electrons. The number of ether oxygens (including phenoxy) is 2. The molecule has 0 bridgehead atoms. The summed E-state index contributed by atoms with van der Waals surface area (Å²) in [5.74, 6) is -0.614. The monoisotopic (exact) mass is 802 g/mol. The van der Waals surface area contributed by atoms with Crippen molar-refractivity contribution in [2.24, 2.45) is 5.92 Å². The smallest absolute Gasteiger partial charge is 0.164 e. The summed E-state index contributed by atoms with van der Waals surface area (Å²) in [5, 5.41) is 70.8. The molecule has 1 heterocycles. The topological polar surface area (TPSA) is 185 Å². The molecule has 0 fully saturated rings. The van der Waals surface area contributed by atoms with Crippen molar-refractivity contribution in [3.8, 4) is 28.7 Å². The number of Topliss-reactive ketones (excluding diaryl/α,β-unsaturated/α-hetero) is 1. The van der Waals surface area contributed by atoms with Crippen molar-refractivity contribution in [2.75, 3.05) is 34.5 Å².